The molecule has 0 aliphatic rings. The number of allylic oxidation sites excluding steroid dienone is 1. The zero-order valence-electron chi connectivity index (χ0n) is 10.9. The summed E-state index contributed by atoms with van der Waals surface area (Å²) < 4.78 is 6.23. The van der Waals surface area contributed by atoms with Crippen LogP contribution < -0.4 is 0 Å². The topological polar surface area (TPSA) is 29.5 Å². The van der Waals surface area contributed by atoms with Gasteiger partial charge in [0.1, 0.15) is 5.75 Å². The third-order valence-corrected chi connectivity index (χ3v) is 9.02. The summed E-state index contributed by atoms with van der Waals surface area (Å²) >= 11 is 0. The van der Waals surface area contributed by atoms with Crippen molar-refractivity contribution in [2.75, 3.05) is 0 Å². The molecule has 0 saturated heterocycles. The van der Waals surface area contributed by atoms with Crippen LogP contribution >= 0.6 is 0 Å². The van der Waals surface area contributed by atoms with Crippen LogP contribution in [0.1, 0.15) is 5.56 Å². The summed E-state index contributed by atoms with van der Waals surface area (Å²) in [4.78, 5) is 0. The van der Waals surface area contributed by atoms with E-state index in [1.54, 1.807) is 6.07 Å². The van der Waals surface area contributed by atoms with Gasteiger partial charge in [-0.15, -0.1) is 6.58 Å². The maximum atomic E-state index is 9.77. The van der Waals surface area contributed by atoms with Crippen molar-refractivity contribution in [1.82, 2.24) is 0 Å². The first-order valence-electron chi connectivity index (χ1n) is 6.00. The predicted molar refractivity (Wildman–Crippen MR) is 78.4 cm³/mol. The van der Waals surface area contributed by atoms with Crippen molar-refractivity contribution in [3.63, 3.8) is 0 Å². The minimum atomic E-state index is -1.72. The fourth-order valence-electron chi connectivity index (χ4n) is 1.99. The lowest BCUT2D eigenvalue weighted by Crippen LogP contribution is -2.39. The Labute approximate surface area is 107 Å². The van der Waals surface area contributed by atoms with Crippen molar-refractivity contribution in [3.8, 4) is 5.75 Å². The van der Waals surface area contributed by atoms with Gasteiger partial charge in [0.05, 0.1) is 0 Å². The van der Waals surface area contributed by atoms with Gasteiger partial charge in [0, 0.05) is 0 Å². The molecule has 4 heteroatoms. The highest BCUT2D eigenvalue weighted by molar-refractivity contribution is 6.77. The summed E-state index contributed by atoms with van der Waals surface area (Å²) in [6.07, 6.45) is 1.95. The molecule has 0 aliphatic heterocycles. The smallest absolute Gasteiger partial charge is 0.177 e. The Kier molecular flexibility index (Phi) is 5.17. The highest BCUT2D eigenvalue weighted by Gasteiger charge is 2.26. The number of aromatic hydroxyl groups is 1. The first-order valence-corrected chi connectivity index (χ1v) is 11.6. The summed E-state index contributed by atoms with van der Waals surface area (Å²) in [6.45, 7) is 10.4. The van der Waals surface area contributed by atoms with Gasteiger partial charge in [-0.25, -0.2) is 0 Å². The maximum Gasteiger partial charge on any atom is 0.177 e. The standard InChI is InChI=1S/C13H22O2Si2/c1-5-10-16(2)15-17(3,4)11-12-8-6-7-9-13(12)14/h5-9,14,16H,1,10-11H2,2-4H3. The van der Waals surface area contributed by atoms with E-state index in [0.717, 1.165) is 17.7 Å². The van der Waals surface area contributed by atoms with E-state index in [1.165, 1.54) is 0 Å². The van der Waals surface area contributed by atoms with Crippen LogP contribution in [0.3, 0.4) is 0 Å². The maximum absolute atomic E-state index is 9.77. The van der Waals surface area contributed by atoms with Crippen LogP contribution in [0, 0.1) is 0 Å². The summed E-state index contributed by atoms with van der Waals surface area (Å²) in [5.41, 5.74) is 1.00. The molecule has 0 fully saturated rings. The Morgan fingerprint density at radius 3 is 2.65 bits per heavy atom. The first-order chi connectivity index (χ1) is 7.94. The van der Waals surface area contributed by atoms with Gasteiger partial charge in [-0.2, -0.15) is 0 Å². The molecule has 0 amide bonds. The van der Waals surface area contributed by atoms with E-state index in [1.807, 2.05) is 24.3 Å². The van der Waals surface area contributed by atoms with Gasteiger partial charge in [-0.1, -0.05) is 24.3 Å². The number of hydrogen-bond donors (Lipinski definition) is 1. The summed E-state index contributed by atoms with van der Waals surface area (Å²) in [6, 6.07) is 9.41. The monoisotopic (exact) mass is 266 g/mol. The van der Waals surface area contributed by atoms with Gasteiger partial charge in [0.2, 0.25) is 0 Å². The van der Waals surface area contributed by atoms with E-state index in [9.17, 15) is 5.11 Å². The van der Waals surface area contributed by atoms with E-state index in [2.05, 4.69) is 26.2 Å². The van der Waals surface area contributed by atoms with Crippen LogP contribution in [0.4, 0.5) is 0 Å². The van der Waals surface area contributed by atoms with Gasteiger partial charge in [0.25, 0.3) is 0 Å². The third kappa shape index (κ3) is 4.89. The van der Waals surface area contributed by atoms with Crippen molar-refractivity contribution in [3.05, 3.63) is 42.5 Å². The molecule has 1 atom stereocenters. The van der Waals surface area contributed by atoms with E-state index < -0.39 is 17.4 Å². The van der Waals surface area contributed by atoms with Crippen molar-refractivity contribution >= 4 is 17.4 Å². The molecule has 1 N–H and O–H groups in total. The molecule has 0 aromatic heterocycles. The van der Waals surface area contributed by atoms with Gasteiger partial charge in [0.15, 0.2) is 17.4 Å². The SMILES string of the molecule is C=CC[SiH](C)O[Si](C)(C)Cc1ccccc1O. The highest BCUT2D eigenvalue weighted by Crippen LogP contribution is 2.22. The molecule has 1 aromatic rings. The predicted octanol–water partition coefficient (Wildman–Crippen LogP) is 3.24. The number of phenols is 1. The van der Waals surface area contributed by atoms with E-state index in [4.69, 9.17) is 4.12 Å². The Balaban J connectivity index is 2.66. The van der Waals surface area contributed by atoms with Crippen LogP contribution in [-0.4, -0.2) is 22.5 Å². The average molecular weight is 266 g/mol. The summed E-state index contributed by atoms with van der Waals surface area (Å²) in [5, 5.41) is 9.77. The molecule has 0 spiro atoms. The quantitative estimate of drug-likeness (QED) is 0.633. The lowest BCUT2D eigenvalue weighted by atomic mass is 10.2. The van der Waals surface area contributed by atoms with Crippen LogP contribution in [0.5, 0.6) is 5.75 Å². The number of phenolic OH excluding ortho intramolecular Hbond substituents is 1. The molecular formula is C13H22O2Si2. The number of rotatable bonds is 6. The summed E-state index contributed by atoms with van der Waals surface area (Å²) in [7, 11) is -2.84. The fourth-order valence-corrected chi connectivity index (χ4v) is 8.75. The van der Waals surface area contributed by atoms with Crippen molar-refractivity contribution in [1.29, 1.82) is 0 Å². The van der Waals surface area contributed by atoms with Crippen LogP contribution in [0.25, 0.3) is 0 Å². The third-order valence-electron chi connectivity index (χ3n) is 2.63. The van der Waals surface area contributed by atoms with Gasteiger partial charge < -0.3 is 9.22 Å². The zero-order valence-corrected chi connectivity index (χ0v) is 13.1. The Hall–Kier alpha value is -0.846. The molecule has 0 radical (unpaired) electrons. The van der Waals surface area contributed by atoms with Crippen molar-refractivity contribution in [2.45, 2.75) is 31.7 Å². The number of hydrogen-bond acceptors (Lipinski definition) is 2. The highest BCUT2D eigenvalue weighted by atomic mass is 28.4. The van der Waals surface area contributed by atoms with Crippen LogP contribution in [0.15, 0.2) is 36.9 Å². The minimum absolute atomic E-state index is 0.384. The van der Waals surface area contributed by atoms with Crippen LogP contribution in [-0.2, 0) is 10.2 Å². The lowest BCUT2D eigenvalue weighted by Gasteiger charge is -2.27. The Morgan fingerprint density at radius 1 is 1.41 bits per heavy atom. The second-order valence-electron chi connectivity index (χ2n) is 5.02. The van der Waals surface area contributed by atoms with Crippen molar-refractivity contribution in [2.24, 2.45) is 0 Å². The van der Waals surface area contributed by atoms with Gasteiger partial charge in [-0.05, 0) is 43.4 Å². The molecule has 0 bridgehead atoms. The molecule has 2 nitrogen and oxygen atoms in total. The molecule has 1 unspecified atom stereocenters. The minimum Gasteiger partial charge on any atom is -0.508 e. The number of benzene rings is 1. The molecular weight excluding hydrogens is 244 g/mol. The molecule has 94 valence electrons. The molecule has 1 aromatic carbocycles. The van der Waals surface area contributed by atoms with E-state index >= 15 is 0 Å². The van der Waals surface area contributed by atoms with Gasteiger partial charge >= 0.3 is 0 Å². The Morgan fingerprint density at radius 2 is 2.06 bits per heavy atom. The number of para-hydroxylation sites is 1. The fraction of sp³-hybridized carbons (Fsp3) is 0.385. The second-order valence-corrected chi connectivity index (χ2v) is 11.9. The second kappa shape index (κ2) is 6.19. The van der Waals surface area contributed by atoms with E-state index in [-0.39, 0.29) is 0 Å². The van der Waals surface area contributed by atoms with Gasteiger partial charge in [-0.3, -0.25) is 0 Å². The molecule has 1 rings (SSSR count). The van der Waals surface area contributed by atoms with Crippen molar-refractivity contribution < 1.29 is 9.22 Å². The average Bonchev–Trinajstić information content (AvgIpc) is 2.20. The largest absolute Gasteiger partial charge is 0.508 e. The Bertz CT molecular complexity index is 377. The molecule has 0 saturated carbocycles. The molecule has 0 heterocycles. The van der Waals surface area contributed by atoms with Crippen LogP contribution in [0.2, 0.25) is 25.7 Å². The zero-order chi connectivity index (χ0) is 12.9. The first kappa shape index (κ1) is 14.2. The lowest BCUT2D eigenvalue weighted by molar-refractivity contribution is 0.468. The van der Waals surface area contributed by atoms with E-state index in [0.29, 0.717) is 5.75 Å². The summed E-state index contributed by atoms with van der Waals surface area (Å²) in [5.74, 6) is 0.384. The molecule has 0 aliphatic carbocycles. The molecule has 17 heavy (non-hydrogen) atoms. The normalized spacial score (nSPS) is 13.4.